The van der Waals surface area contributed by atoms with Gasteiger partial charge in [-0.3, -0.25) is 4.79 Å². The van der Waals surface area contributed by atoms with Gasteiger partial charge in [0.1, 0.15) is 16.9 Å². The third-order valence-corrected chi connectivity index (χ3v) is 6.16. The number of carbonyl (C=O) groups excluding carboxylic acids is 1. The third-order valence-electron chi connectivity index (χ3n) is 4.29. The molecular formula is C20H17ClN4OS2. The normalized spacial score (nSPS) is 12.1. The molecule has 142 valence electrons. The molecular weight excluding hydrogens is 412 g/mol. The number of amides is 1. The van der Waals surface area contributed by atoms with Gasteiger partial charge in [0.15, 0.2) is 0 Å². The van der Waals surface area contributed by atoms with Gasteiger partial charge >= 0.3 is 0 Å². The minimum Gasteiger partial charge on any atom is -0.342 e. The van der Waals surface area contributed by atoms with Crippen molar-refractivity contribution in [1.29, 1.82) is 0 Å². The van der Waals surface area contributed by atoms with Crippen LogP contribution in [0, 0.1) is 0 Å². The van der Waals surface area contributed by atoms with Gasteiger partial charge in [-0.15, -0.1) is 11.3 Å². The maximum atomic E-state index is 12.8. The Hall–Kier alpha value is -2.48. The van der Waals surface area contributed by atoms with Gasteiger partial charge in [0, 0.05) is 40.8 Å². The van der Waals surface area contributed by atoms with E-state index in [1.54, 1.807) is 28.9 Å². The largest absolute Gasteiger partial charge is 0.342 e. The fraction of sp³-hybridized carbons (Fsp3) is 0.150. The van der Waals surface area contributed by atoms with Crippen molar-refractivity contribution in [3.8, 4) is 10.6 Å². The maximum Gasteiger partial charge on any atom is 0.226 e. The first-order valence-electron chi connectivity index (χ1n) is 8.59. The lowest BCUT2D eigenvalue weighted by molar-refractivity contribution is -0.121. The summed E-state index contributed by atoms with van der Waals surface area (Å²) < 4.78 is 1.90. The van der Waals surface area contributed by atoms with Crippen molar-refractivity contribution in [2.45, 2.75) is 12.5 Å². The lowest BCUT2D eigenvalue weighted by Crippen LogP contribution is -2.32. The zero-order valence-electron chi connectivity index (χ0n) is 15.0. The lowest BCUT2D eigenvalue weighted by Gasteiger charge is -2.19. The molecule has 28 heavy (non-hydrogen) atoms. The highest BCUT2D eigenvalue weighted by Gasteiger charge is 2.21. The molecule has 1 aromatic carbocycles. The van der Waals surface area contributed by atoms with Crippen LogP contribution in [0.3, 0.4) is 0 Å². The Morgan fingerprint density at radius 1 is 1.25 bits per heavy atom. The van der Waals surface area contributed by atoms with Crippen LogP contribution in [0.5, 0.6) is 0 Å². The van der Waals surface area contributed by atoms with Crippen LogP contribution in [0.1, 0.15) is 23.1 Å². The van der Waals surface area contributed by atoms with Crippen LogP contribution in [-0.4, -0.2) is 20.4 Å². The van der Waals surface area contributed by atoms with Gasteiger partial charge in [0.05, 0.1) is 12.1 Å². The molecule has 0 aliphatic rings. The van der Waals surface area contributed by atoms with Gasteiger partial charge in [0.25, 0.3) is 0 Å². The zero-order chi connectivity index (χ0) is 19.5. The van der Waals surface area contributed by atoms with E-state index in [1.165, 1.54) is 0 Å². The molecule has 0 saturated carbocycles. The first kappa shape index (κ1) is 18.9. The van der Waals surface area contributed by atoms with Crippen LogP contribution in [0.4, 0.5) is 0 Å². The Bertz CT molecular complexity index is 1070. The van der Waals surface area contributed by atoms with Crippen LogP contribution in [0.25, 0.3) is 10.6 Å². The number of thiophene rings is 1. The van der Waals surface area contributed by atoms with E-state index < -0.39 is 0 Å². The Balaban J connectivity index is 1.52. The summed E-state index contributed by atoms with van der Waals surface area (Å²) in [6.07, 6.45) is 3.80. The predicted octanol–water partition coefficient (Wildman–Crippen LogP) is 4.71. The smallest absolute Gasteiger partial charge is 0.226 e. The van der Waals surface area contributed by atoms with E-state index in [-0.39, 0.29) is 18.4 Å². The Morgan fingerprint density at radius 2 is 2.07 bits per heavy atom. The molecule has 1 amide bonds. The standard InChI is InChI=1S/C20H17ClN4OS2/c1-25-8-7-22-19(25)18(13-2-4-15(21)5-3-13)24-17(26)10-16-12-28-20(23-16)14-6-9-27-11-14/h2-9,11-12,18H,10H2,1H3,(H,24,26). The number of imidazole rings is 1. The first-order chi connectivity index (χ1) is 13.6. The van der Waals surface area contributed by atoms with Gasteiger partial charge in [-0.1, -0.05) is 23.7 Å². The van der Waals surface area contributed by atoms with Crippen molar-refractivity contribution < 1.29 is 4.79 Å². The van der Waals surface area contributed by atoms with E-state index in [1.807, 2.05) is 58.9 Å². The molecule has 0 spiro atoms. The number of rotatable bonds is 6. The summed E-state index contributed by atoms with van der Waals surface area (Å²) in [7, 11) is 1.91. The third kappa shape index (κ3) is 4.16. The Kier molecular flexibility index (Phi) is 5.57. The molecule has 0 radical (unpaired) electrons. The van der Waals surface area contributed by atoms with Crippen molar-refractivity contribution in [3.05, 3.63) is 81.0 Å². The van der Waals surface area contributed by atoms with Gasteiger partial charge in [-0.25, -0.2) is 9.97 Å². The first-order valence-corrected chi connectivity index (χ1v) is 10.8. The molecule has 8 heteroatoms. The summed E-state index contributed by atoms with van der Waals surface area (Å²) in [6.45, 7) is 0. The number of benzene rings is 1. The summed E-state index contributed by atoms with van der Waals surface area (Å²) in [5, 5.41) is 10.7. The molecule has 4 rings (SSSR count). The molecule has 5 nitrogen and oxygen atoms in total. The van der Waals surface area contributed by atoms with E-state index in [2.05, 4.69) is 20.7 Å². The molecule has 1 atom stereocenters. The Morgan fingerprint density at radius 3 is 2.75 bits per heavy atom. The molecule has 0 saturated heterocycles. The average Bonchev–Trinajstić information content (AvgIpc) is 3.42. The molecule has 0 aliphatic carbocycles. The van der Waals surface area contributed by atoms with E-state index in [0.29, 0.717) is 5.02 Å². The van der Waals surface area contributed by atoms with E-state index in [0.717, 1.165) is 27.7 Å². The van der Waals surface area contributed by atoms with Crippen LogP contribution < -0.4 is 5.32 Å². The van der Waals surface area contributed by atoms with Crippen LogP contribution in [-0.2, 0) is 18.3 Å². The van der Waals surface area contributed by atoms with Crippen molar-refractivity contribution in [1.82, 2.24) is 19.9 Å². The number of aromatic nitrogens is 3. The second kappa shape index (κ2) is 8.26. The number of nitrogens with zero attached hydrogens (tertiary/aromatic N) is 3. The van der Waals surface area contributed by atoms with Crippen molar-refractivity contribution in [2.24, 2.45) is 7.05 Å². The van der Waals surface area contributed by atoms with Crippen molar-refractivity contribution in [2.75, 3.05) is 0 Å². The maximum absolute atomic E-state index is 12.8. The minimum absolute atomic E-state index is 0.106. The molecule has 3 aromatic heterocycles. The summed E-state index contributed by atoms with van der Waals surface area (Å²) in [5.41, 5.74) is 2.77. The predicted molar refractivity (Wildman–Crippen MR) is 114 cm³/mol. The summed E-state index contributed by atoms with van der Waals surface area (Å²) in [5.74, 6) is 0.651. The molecule has 0 aliphatic heterocycles. The number of carbonyl (C=O) groups is 1. The highest BCUT2D eigenvalue weighted by molar-refractivity contribution is 7.14. The van der Waals surface area contributed by atoms with Gasteiger partial charge in [0.2, 0.25) is 5.91 Å². The number of nitrogens with one attached hydrogen (secondary N) is 1. The quantitative estimate of drug-likeness (QED) is 0.484. The second-order valence-corrected chi connectivity index (χ2v) is 8.36. The van der Waals surface area contributed by atoms with E-state index in [4.69, 9.17) is 11.6 Å². The van der Waals surface area contributed by atoms with Crippen molar-refractivity contribution >= 4 is 40.2 Å². The van der Waals surface area contributed by atoms with Gasteiger partial charge in [-0.05, 0) is 29.1 Å². The second-order valence-electron chi connectivity index (χ2n) is 6.28. The van der Waals surface area contributed by atoms with Gasteiger partial charge < -0.3 is 9.88 Å². The molecule has 4 aromatic rings. The zero-order valence-corrected chi connectivity index (χ0v) is 17.4. The van der Waals surface area contributed by atoms with E-state index in [9.17, 15) is 4.79 Å². The topological polar surface area (TPSA) is 59.8 Å². The van der Waals surface area contributed by atoms with Crippen LogP contribution in [0.15, 0.2) is 58.9 Å². The van der Waals surface area contributed by atoms with Crippen LogP contribution >= 0.6 is 34.3 Å². The van der Waals surface area contributed by atoms with Crippen molar-refractivity contribution in [3.63, 3.8) is 0 Å². The highest BCUT2D eigenvalue weighted by Crippen LogP contribution is 2.26. The SMILES string of the molecule is Cn1ccnc1C(NC(=O)Cc1csc(-c2ccsc2)n1)c1ccc(Cl)cc1. The molecule has 3 heterocycles. The highest BCUT2D eigenvalue weighted by atomic mass is 35.5. The number of halogens is 1. The summed E-state index contributed by atoms with van der Waals surface area (Å²) in [4.78, 5) is 21.8. The minimum atomic E-state index is -0.361. The lowest BCUT2D eigenvalue weighted by atomic mass is 10.1. The number of hydrogen-bond acceptors (Lipinski definition) is 5. The fourth-order valence-electron chi connectivity index (χ4n) is 2.89. The number of aryl methyl sites for hydroxylation is 1. The monoisotopic (exact) mass is 428 g/mol. The van der Waals surface area contributed by atoms with Crippen LogP contribution in [0.2, 0.25) is 5.02 Å². The Labute approximate surface area is 175 Å². The molecule has 1 unspecified atom stereocenters. The van der Waals surface area contributed by atoms with Gasteiger partial charge in [-0.2, -0.15) is 11.3 Å². The van der Waals surface area contributed by atoms with E-state index >= 15 is 0 Å². The number of thiazole rings is 1. The number of hydrogen-bond donors (Lipinski definition) is 1. The average molecular weight is 429 g/mol. The molecule has 0 fully saturated rings. The molecule has 0 bridgehead atoms. The molecule has 1 N–H and O–H groups in total. The summed E-state index contributed by atoms with van der Waals surface area (Å²) in [6, 6.07) is 9.10. The summed E-state index contributed by atoms with van der Waals surface area (Å²) >= 11 is 9.20. The fourth-order valence-corrected chi connectivity index (χ4v) is 4.55.